The van der Waals surface area contributed by atoms with Crippen molar-refractivity contribution >= 4 is 0 Å². The Bertz CT molecular complexity index is 145. The maximum atomic E-state index is 12.8. The van der Waals surface area contributed by atoms with Crippen molar-refractivity contribution in [1.29, 1.82) is 0 Å². The molecule has 1 nitrogen and oxygen atoms in total. The summed E-state index contributed by atoms with van der Waals surface area (Å²) in [7, 11) is 1.77. The van der Waals surface area contributed by atoms with Crippen molar-refractivity contribution in [3.63, 3.8) is 0 Å². The highest BCUT2D eigenvalue weighted by Crippen LogP contribution is 2.33. The largest absolute Gasteiger partial charge is 0.297 e. The van der Waals surface area contributed by atoms with Gasteiger partial charge in [-0.25, -0.2) is 8.78 Å². The van der Waals surface area contributed by atoms with Gasteiger partial charge in [0.2, 0.25) is 0 Å². The first-order valence-electron chi connectivity index (χ1n) is 4.00. The van der Waals surface area contributed by atoms with E-state index in [4.69, 9.17) is 0 Å². The molecule has 0 N–H and O–H groups in total. The van der Waals surface area contributed by atoms with E-state index in [9.17, 15) is 8.78 Å². The van der Waals surface area contributed by atoms with Crippen molar-refractivity contribution in [2.75, 3.05) is 13.6 Å². The molecule has 1 heterocycles. The molecule has 0 radical (unpaired) electrons. The average molecular weight is 163 g/mol. The zero-order valence-electron chi connectivity index (χ0n) is 7.27. The molecular weight excluding hydrogens is 148 g/mol. The number of hydrogen-bond donors (Lipinski definition) is 0. The minimum Gasteiger partial charge on any atom is -0.297 e. The quantitative estimate of drug-likeness (QED) is 0.571. The van der Waals surface area contributed by atoms with Crippen LogP contribution in [0.3, 0.4) is 0 Å². The van der Waals surface area contributed by atoms with E-state index in [0.29, 0.717) is 5.92 Å². The van der Waals surface area contributed by atoms with Crippen molar-refractivity contribution in [3.05, 3.63) is 0 Å². The summed E-state index contributed by atoms with van der Waals surface area (Å²) in [6.45, 7) is 3.90. The molecule has 0 bridgehead atoms. The summed E-state index contributed by atoms with van der Waals surface area (Å²) in [5, 5.41) is 0. The van der Waals surface area contributed by atoms with Gasteiger partial charge in [-0.15, -0.1) is 0 Å². The molecule has 3 heteroatoms. The molecule has 1 aliphatic rings. The van der Waals surface area contributed by atoms with Gasteiger partial charge in [0.1, 0.15) is 0 Å². The van der Waals surface area contributed by atoms with E-state index < -0.39 is 5.92 Å². The first-order valence-corrected chi connectivity index (χ1v) is 4.00. The third kappa shape index (κ3) is 1.89. The van der Waals surface area contributed by atoms with Crippen LogP contribution in [0.15, 0.2) is 0 Å². The lowest BCUT2D eigenvalue weighted by atomic mass is 10.0. The molecule has 66 valence electrons. The second-order valence-corrected chi connectivity index (χ2v) is 3.79. The molecule has 0 saturated carbocycles. The summed E-state index contributed by atoms with van der Waals surface area (Å²) in [5.41, 5.74) is 0. The zero-order valence-corrected chi connectivity index (χ0v) is 7.27. The minimum atomic E-state index is -2.45. The van der Waals surface area contributed by atoms with E-state index >= 15 is 0 Å². The van der Waals surface area contributed by atoms with Crippen LogP contribution in [0.4, 0.5) is 8.78 Å². The fraction of sp³-hybridized carbons (Fsp3) is 1.00. The fourth-order valence-electron chi connectivity index (χ4n) is 1.75. The summed E-state index contributed by atoms with van der Waals surface area (Å²) in [5.74, 6) is -2.13. The lowest BCUT2D eigenvalue weighted by molar-refractivity contribution is 0.0137. The highest BCUT2D eigenvalue weighted by atomic mass is 19.3. The van der Waals surface area contributed by atoms with Crippen molar-refractivity contribution in [2.24, 2.45) is 5.92 Å². The number of alkyl halides is 2. The molecule has 0 aromatic carbocycles. The Labute approximate surface area is 66.4 Å². The Morgan fingerprint density at radius 2 is 2.00 bits per heavy atom. The van der Waals surface area contributed by atoms with E-state index in [1.54, 1.807) is 11.9 Å². The fourth-order valence-corrected chi connectivity index (χ4v) is 1.75. The van der Waals surface area contributed by atoms with Crippen molar-refractivity contribution in [2.45, 2.75) is 32.2 Å². The van der Waals surface area contributed by atoms with Crippen molar-refractivity contribution in [1.82, 2.24) is 4.90 Å². The third-order valence-corrected chi connectivity index (χ3v) is 2.32. The number of hydrogen-bond acceptors (Lipinski definition) is 1. The molecule has 11 heavy (non-hydrogen) atoms. The summed E-state index contributed by atoms with van der Waals surface area (Å²) in [6.07, 6.45) is 0.0289. The second kappa shape index (κ2) is 2.70. The standard InChI is InChI=1S/C8H15F2N/c1-6(2)7-4-8(9,10)5-11(7)3/h6-7H,4-5H2,1-3H3/t7-/m0/s1. The van der Waals surface area contributed by atoms with Crippen LogP contribution in [0.25, 0.3) is 0 Å². The van der Waals surface area contributed by atoms with E-state index in [0.717, 1.165) is 0 Å². The number of halogens is 2. The molecule has 0 amide bonds. The van der Waals surface area contributed by atoms with Gasteiger partial charge >= 0.3 is 0 Å². The summed E-state index contributed by atoms with van der Waals surface area (Å²) in [6, 6.07) is 0.0602. The summed E-state index contributed by atoms with van der Waals surface area (Å²) in [4.78, 5) is 1.75. The monoisotopic (exact) mass is 163 g/mol. The van der Waals surface area contributed by atoms with Gasteiger partial charge in [-0.3, -0.25) is 4.90 Å². The zero-order chi connectivity index (χ0) is 8.65. The molecule has 1 aliphatic heterocycles. The van der Waals surface area contributed by atoms with Crippen molar-refractivity contribution < 1.29 is 8.78 Å². The smallest absolute Gasteiger partial charge is 0.262 e. The third-order valence-electron chi connectivity index (χ3n) is 2.32. The SMILES string of the molecule is CC(C)[C@@H]1CC(F)(F)CN1C. The molecule has 0 spiro atoms. The van der Waals surface area contributed by atoms with E-state index in [1.165, 1.54) is 0 Å². The van der Waals surface area contributed by atoms with Crippen LogP contribution in [-0.4, -0.2) is 30.5 Å². The van der Waals surface area contributed by atoms with Crippen molar-refractivity contribution in [3.8, 4) is 0 Å². The lowest BCUT2D eigenvalue weighted by Crippen LogP contribution is -2.29. The average Bonchev–Trinajstić information content (AvgIpc) is 2.05. The van der Waals surface area contributed by atoms with Crippen LogP contribution in [-0.2, 0) is 0 Å². The predicted molar refractivity (Wildman–Crippen MR) is 40.8 cm³/mol. The molecule has 0 aromatic heterocycles. The topological polar surface area (TPSA) is 3.24 Å². The van der Waals surface area contributed by atoms with Gasteiger partial charge in [-0.1, -0.05) is 13.8 Å². The first kappa shape index (κ1) is 8.91. The Kier molecular flexibility index (Phi) is 2.19. The van der Waals surface area contributed by atoms with Gasteiger partial charge in [0.05, 0.1) is 6.54 Å². The Balaban J connectivity index is 2.59. The molecule has 1 fully saturated rings. The molecule has 1 rings (SSSR count). The van der Waals surface area contributed by atoms with Gasteiger partial charge < -0.3 is 0 Å². The first-order chi connectivity index (χ1) is 4.92. The second-order valence-electron chi connectivity index (χ2n) is 3.79. The van der Waals surface area contributed by atoms with Gasteiger partial charge in [0.15, 0.2) is 0 Å². The Hall–Kier alpha value is -0.180. The molecule has 1 atom stereocenters. The Morgan fingerprint density at radius 1 is 1.45 bits per heavy atom. The van der Waals surface area contributed by atoms with Gasteiger partial charge in [0.25, 0.3) is 5.92 Å². The normalized spacial score (nSPS) is 31.6. The highest BCUT2D eigenvalue weighted by molar-refractivity contribution is 4.89. The number of nitrogens with zero attached hydrogens (tertiary/aromatic N) is 1. The number of likely N-dealkylation sites (tertiary alicyclic amines) is 1. The number of rotatable bonds is 1. The van der Waals surface area contributed by atoms with Crippen LogP contribution in [0, 0.1) is 5.92 Å². The lowest BCUT2D eigenvalue weighted by Gasteiger charge is -2.21. The van der Waals surface area contributed by atoms with Crippen LogP contribution in [0.2, 0.25) is 0 Å². The van der Waals surface area contributed by atoms with Crippen LogP contribution >= 0.6 is 0 Å². The Morgan fingerprint density at radius 3 is 2.18 bits per heavy atom. The molecule has 0 aromatic rings. The van der Waals surface area contributed by atoms with Crippen LogP contribution < -0.4 is 0 Å². The summed E-state index contributed by atoms with van der Waals surface area (Å²) >= 11 is 0. The maximum Gasteiger partial charge on any atom is 0.262 e. The van der Waals surface area contributed by atoms with E-state index in [-0.39, 0.29) is 19.0 Å². The highest BCUT2D eigenvalue weighted by Gasteiger charge is 2.43. The van der Waals surface area contributed by atoms with Gasteiger partial charge in [-0.05, 0) is 13.0 Å². The molecular formula is C8H15F2N. The maximum absolute atomic E-state index is 12.8. The predicted octanol–water partition coefficient (Wildman–Crippen LogP) is 1.98. The van der Waals surface area contributed by atoms with Crippen LogP contribution in [0.1, 0.15) is 20.3 Å². The van der Waals surface area contributed by atoms with E-state index in [2.05, 4.69) is 0 Å². The molecule has 0 unspecified atom stereocenters. The molecule has 0 aliphatic carbocycles. The molecule has 1 saturated heterocycles. The summed E-state index contributed by atoms with van der Waals surface area (Å²) < 4.78 is 25.5. The van der Waals surface area contributed by atoms with Gasteiger partial charge in [-0.2, -0.15) is 0 Å². The minimum absolute atomic E-state index is 0.0289. The van der Waals surface area contributed by atoms with Crippen LogP contribution in [0.5, 0.6) is 0 Å². The van der Waals surface area contributed by atoms with Gasteiger partial charge in [0, 0.05) is 12.5 Å². The van der Waals surface area contributed by atoms with E-state index in [1.807, 2.05) is 13.8 Å².